The van der Waals surface area contributed by atoms with E-state index in [-0.39, 0.29) is 6.54 Å². The molecular formula is C12H12N6O. The number of nitrogens with two attached hydrogens (primary N) is 1. The highest BCUT2D eigenvalue weighted by atomic mass is 16.5. The second kappa shape index (κ2) is 4.62. The van der Waals surface area contributed by atoms with E-state index in [1.54, 1.807) is 11.0 Å². The van der Waals surface area contributed by atoms with E-state index in [9.17, 15) is 0 Å². The van der Waals surface area contributed by atoms with Crippen LogP contribution in [0.2, 0.25) is 0 Å². The predicted molar refractivity (Wildman–Crippen MR) is 67.3 cm³/mol. The highest BCUT2D eigenvalue weighted by Gasteiger charge is 2.07. The van der Waals surface area contributed by atoms with E-state index in [4.69, 9.17) is 10.3 Å². The van der Waals surface area contributed by atoms with Gasteiger partial charge in [-0.05, 0) is 31.2 Å². The Labute approximate surface area is 109 Å². The summed E-state index contributed by atoms with van der Waals surface area (Å²) < 4.78 is 4.97. The van der Waals surface area contributed by atoms with Gasteiger partial charge in [0.1, 0.15) is 0 Å². The maximum atomic E-state index is 5.43. The van der Waals surface area contributed by atoms with Gasteiger partial charge in [-0.15, -0.1) is 0 Å². The largest absolute Gasteiger partial charge is 0.338 e. The van der Waals surface area contributed by atoms with Crippen LogP contribution >= 0.6 is 0 Å². The van der Waals surface area contributed by atoms with Crippen molar-refractivity contribution in [2.24, 2.45) is 5.73 Å². The molecule has 0 spiro atoms. The molecule has 1 aromatic carbocycles. The lowest BCUT2D eigenvalue weighted by molar-refractivity contribution is 0.380. The first-order chi connectivity index (χ1) is 9.26. The van der Waals surface area contributed by atoms with Crippen molar-refractivity contribution in [3.05, 3.63) is 42.0 Å². The van der Waals surface area contributed by atoms with Crippen LogP contribution in [0.5, 0.6) is 0 Å². The standard InChI is InChI=1S/C12H12N6O/c1-8-7-14-18(16-8)10-4-2-9(3-5-10)12-15-11(6-13)19-17-12/h2-5,7H,6,13H2,1H3. The molecule has 0 amide bonds. The summed E-state index contributed by atoms with van der Waals surface area (Å²) in [4.78, 5) is 5.73. The number of aromatic nitrogens is 5. The van der Waals surface area contributed by atoms with Crippen molar-refractivity contribution in [1.29, 1.82) is 0 Å². The quantitative estimate of drug-likeness (QED) is 0.753. The Morgan fingerprint density at radius 3 is 2.63 bits per heavy atom. The lowest BCUT2D eigenvalue weighted by atomic mass is 10.2. The molecule has 7 heteroatoms. The van der Waals surface area contributed by atoms with E-state index in [2.05, 4.69) is 20.3 Å². The zero-order valence-corrected chi connectivity index (χ0v) is 10.3. The fourth-order valence-electron chi connectivity index (χ4n) is 1.66. The summed E-state index contributed by atoms with van der Waals surface area (Å²) in [5.41, 5.74) is 8.03. The number of benzene rings is 1. The summed E-state index contributed by atoms with van der Waals surface area (Å²) in [7, 11) is 0. The molecule has 0 bridgehead atoms. The van der Waals surface area contributed by atoms with Gasteiger partial charge in [0.15, 0.2) is 0 Å². The van der Waals surface area contributed by atoms with E-state index < -0.39 is 0 Å². The smallest absolute Gasteiger partial charge is 0.240 e. The molecule has 0 radical (unpaired) electrons. The Morgan fingerprint density at radius 1 is 1.26 bits per heavy atom. The summed E-state index contributed by atoms with van der Waals surface area (Å²) in [6.07, 6.45) is 1.71. The molecule has 0 saturated carbocycles. The fourth-order valence-corrected chi connectivity index (χ4v) is 1.66. The first kappa shape index (κ1) is 11.5. The zero-order valence-electron chi connectivity index (χ0n) is 10.3. The number of aryl methyl sites for hydroxylation is 1. The van der Waals surface area contributed by atoms with Crippen molar-refractivity contribution in [1.82, 2.24) is 25.1 Å². The van der Waals surface area contributed by atoms with Crippen molar-refractivity contribution < 1.29 is 4.52 Å². The summed E-state index contributed by atoms with van der Waals surface area (Å²) in [5.74, 6) is 0.944. The Bertz CT molecular complexity index is 684. The van der Waals surface area contributed by atoms with Crippen LogP contribution < -0.4 is 5.73 Å². The fraction of sp³-hybridized carbons (Fsp3) is 0.167. The molecule has 7 nitrogen and oxygen atoms in total. The van der Waals surface area contributed by atoms with Crippen LogP contribution in [0, 0.1) is 6.92 Å². The van der Waals surface area contributed by atoms with Gasteiger partial charge in [-0.3, -0.25) is 0 Å². The van der Waals surface area contributed by atoms with E-state index >= 15 is 0 Å². The molecule has 0 unspecified atom stereocenters. The SMILES string of the molecule is Cc1cnn(-c2ccc(-c3noc(CN)n3)cc2)n1. The van der Waals surface area contributed by atoms with Crippen LogP contribution in [0.4, 0.5) is 0 Å². The maximum Gasteiger partial charge on any atom is 0.240 e. The molecule has 3 rings (SSSR count). The van der Waals surface area contributed by atoms with Gasteiger partial charge in [-0.2, -0.15) is 20.0 Å². The van der Waals surface area contributed by atoms with Gasteiger partial charge in [-0.1, -0.05) is 5.16 Å². The van der Waals surface area contributed by atoms with Crippen molar-refractivity contribution in [2.45, 2.75) is 13.5 Å². The minimum Gasteiger partial charge on any atom is -0.338 e. The van der Waals surface area contributed by atoms with Gasteiger partial charge >= 0.3 is 0 Å². The maximum absolute atomic E-state index is 5.43. The molecule has 0 aliphatic carbocycles. The normalized spacial score (nSPS) is 10.8. The molecule has 2 heterocycles. The minimum atomic E-state index is 0.238. The average Bonchev–Trinajstić information content (AvgIpc) is 3.07. The van der Waals surface area contributed by atoms with Crippen LogP contribution in [-0.2, 0) is 6.54 Å². The predicted octanol–water partition coefficient (Wildman–Crippen LogP) is 1.08. The van der Waals surface area contributed by atoms with Crippen molar-refractivity contribution in [3.8, 4) is 17.1 Å². The summed E-state index contributed by atoms with van der Waals surface area (Å²) in [6.45, 7) is 2.13. The molecule has 0 saturated heterocycles. The number of hydrogen-bond donors (Lipinski definition) is 1. The van der Waals surface area contributed by atoms with E-state index in [1.807, 2.05) is 31.2 Å². The van der Waals surface area contributed by atoms with Gasteiger partial charge in [0.05, 0.1) is 24.1 Å². The van der Waals surface area contributed by atoms with Crippen LogP contribution in [0.3, 0.4) is 0 Å². The van der Waals surface area contributed by atoms with Gasteiger partial charge in [0, 0.05) is 5.56 Å². The van der Waals surface area contributed by atoms with Gasteiger partial charge in [0.25, 0.3) is 0 Å². The monoisotopic (exact) mass is 256 g/mol. The van der Waals surface area contributed by atoms with Gasteiger partial charge in [-0.25, -0.2) is 0 Å². The van der Waals surface area contributed by atoms with Gasteiger partial charge < -0.3 is 10.3 Å². The number of nitrogens with zero attached hydrogens (tertiary/aromatic N) is 5. The summed E-state index contributed by atoms with van der Waals surface area (Å²) >= 11 is 0. The minimum absolute atomic E-state index is 0.238. The second-order valence-corrected chi connectivity index (χ2v) is 4.04. The topological polar surface area (TPSA) is 95.7 Å². The van der Waals surface area contributed by atoms with Crippen molar-refractivity contribution in [3.63, 3.8) is 0 Å². The Kier molecular flexibility index (Phi) is 2.81. The van der Waals surface area contributed by atoms with Crippen LogP contribution in [-0.4, -0.2) is 25.1 Å². The second-order valence-electron chi connectivity index (χ2n) is 4.04. The molecule has 0 fully saturated rings. The van der Waals surface area contributed by atoms with Crippen LogP contribution in [0.1, 0.15) is 11.6 Å². The number of hydrogen-bond acceptors (Lipinski definition) is 6. The Hall–Kier alpha value is -2.54. The third-order valence-electron chi connectivity index (χ3n) is 2.61. The molecule has 19 heavy (non-hydrogen) atoms. The molecule has 2 aromatic heterocycles. The Morgan fingerprint density at radius 2 is 2.05 bits per heavy atom. The van der Waals surface area contributed by atoms with Crippen LogP contribution in [0.15, 0.2) is 35.0 Å². The van der Waals surface area contributed by atoms with Crippen molar-refractivity contribution in [2.75, 3.05) is 0 Å². The molecule has 96 valence electrons. The van der Waals surface area contributed by atoms with E-state index in [0.29, 0.717) is 11.7 Å². The molecule has 0 aliphatic heterocycles. The molecule has 0 atom stereocenters. The molecule has 2 N–H and O–H groups in total. The summed E-state index contributed by atoms with van der Waals surface area (Å²) in [6, 6.07) is 7.57. The van der Waals surface area contributed by atoms with Crippen LogP contribution in [0.25, 0.3) is 17.1 Å². The highest BCUT2D eigenvalue weighted by molar-refractivity contribution is 5.56. The van der Waals surface area contributed by atoms with Gasteiger partial charge in [0.2, 0.25) is 11.7 Å². The van der Waals surface area contributed by atoms with E-state index in [1.165, 1.54) is 0 Å². The lowest BCUT2D eigenvalue weighted by Gasteiger charge is -2.00. The lowest BCUT2D eigenvalue weighted by Crippen LogP contribution is -1.98. The highest BCUT2D eigenvalue weighted by Crippen LogP contribution is 2.17. The van der Waals surface area contributed by atoms with E-state index in [0.717, 1.165) is 16.9 Å². The zero-order chi connectivity index (χ0) is 13.2. The third-order valence-corrected chi connectivity index (χ3v) is 2.61. The first-order valence-corrected chi connectivity index (χ1v) is 5.78. The Balaban J connectivity index is 1.90. The molecular weight excluding hydrogens is 244 g/mol. The number of rotatable bonds is 3. The average molecular weight is 256 g/mol. The third kappa shape index (κ3) is 2.23. The first-order valence-electron chi connectivity index (χ1n) is 5.78. The molecule has 3 aromatic rings. The summed E-state index contributed by atoms with van der Waals surface area (Å²) in [5, 5.41) is 12.2. The van der Waals surface area contributed by atoms with Crippen molar-refractivity contribution >= 4 is 0 Å². The molecule has 0 aliphatic rings.